The standard InChI is InChI=1S/C23H20N2O2/c1-25-13-12-19-14-18(10-11-21(19)25)17-8-5-9-20(15-17)22(23(26)24-27)16-6-3-2-4-7-16/h2-15,22,27H,1H3,(H,24,26). The second-order valence-electron chi connectivity index (χ2n) is 6.65. The van der Waals surface area contributed by atoms with Gasteiger partial charge in [0.15, 0.2) is 0 Å². The molecule has 0 saturated heterocycles. The first-order valence-electron chi connectivity index (χ1n) is 8.81. The van der Waals surface area contributed by atoms with Gasteiger partial charge in [-0.25, -0.2) is 5.48 Å². The third-order valence-electron chi connectivity index (χ3n) is 4.94. The normalized spacial score (nSPS) is 12.1. The Bertz CT molecular complexity index is 1100. The summed E-state index contributed by atoms with van der Waals surface area (Å²) < 4.78 is 2.09. The Morgan fingerprint density at radius 2 is 1.63 bits per heavy atom. The molecule has 4 aromatic rings. The van der Waals surface area contributed by atoms with Crippen molar-refractivity contribution in [2.45, 2.75) is 5.92 Å². The molecular formula is C23H20N2O2. The van der Waals surface area contributed by atoms with Gasteiger partial charge in [0.1, 0.15) is 0 Å². The summed E-state index contributed by atoms with van der Waals surface area (Å²) in [4.78, 5) is 12.4. The summed E-state index contributed by atoms with van der Waals surface area (Å²) in [6.45, 7) is 0. The quantitative estimate of drug-likeness (QED) is 0.418. The smallest absolute Gasteiger partial charge is 0.255 e. The van der Waals surface area contributed by atoms with Crippen molar-refractivity contribution in [1.82, 2.24) is 10.0 Å². The molecule has 1 unspecified atom stereocenters. The summed E-state index contributed by atoms with van der Waals surface area (Å²) in [5, 5.41) is 10.4. The lowest BCUT2D eigenvalue weighted by Crippen LogP contribution is -2.27. The Morgan fingerprint density at radius 3 is 2.41 bits per heavy atom. The van der Waals surface area contributed by atoms with Gasteiger partial charge in [-0.1, -0.05) is 60.7 Å². The number of hydroxylamine groups is 1. The minimum atomic E-state index is -0.573. The molecule has 134 valence electrons. The van der Waals surface area contributed by atoms with Crippen molar-refractivity contribution in [3.63, 3.8) is 0 Å². The highest BCUT2D eigenvalue weighted by atomic mass is 16.5. The Kier molecular flexibility index (Phi) is 4.48. The van der Waals surface area contributed by atoms with Gasteiger partial charge in [0.2, 0.25) is 0 Å². The van der Waals surface area contributed by atoms with Gasteiger partial charge in [0.25, 0.3) is 5.91 Å². The van der Waals surface area contributed by atoms with Crippen LogP contribution in [-0.2, 0) is 11.8 Å². The van der Waals surface area contributed by atoms with Crippen LogP contribution in [0.2, 0.25) is 0 Å². The molecule has 27 heavy (non-hydrogen) atoms. The summed E-state index contributed by atoms with van der Waals surface area (Å²) >= 11 is 0. The van der Waals surface area contributed by atoms with E-state index in [0.29, 0.717) is 0 Å². The molecule has 1 amide bonds. The lowest BCUT2D eigenvalue weighted by molar-refractivity contribution is -0.129. The zero-order valence-corrected chi connectivity index (χ0v) is 15.0. The first kappa shape index (κ1) is 17.1. The molecular weight excluding hydrogens is 336 g/mol. The van der Waals surface area contributed by atoms with Crippen molar-refractivity contribution < 1.29 is 10.0 Å². The van der Waals surface area contributed by atoms with Crippen LogP contribution in [0.3, 0.4) is 0 Å². The summed E-state index contributed by atoms with van der Waals surface area (Å²) in [5.41, 5.74) is 6.77. The van der Waals surface area contributed by atoms with Gasteiger partial charge in [0, 0.05) is 24.1 Å². The van der Waals surface area contributed by atoms with Gasteiger partial charge in [0.05, 0.1) is 5.92 Å². The average Bonchev–Trinajstić information content (AvgIpc) is 3.09. The summed E-state index contributed by atoms with van der Waals surface area (Å²) in [6, 6.07) is 25.8. The maximum Gasteiger partial charge on any atom is 0.255 e. The lowest BCUT2D eigenvalue weighted by atomic mass is 9.88. The van der Waals surface area contributed by atoms with Gasteiger partial charge in [-0.2, -0.15) is 0 Å². The number of nitrogens with zero attached hydrogens (tertiary/aromatic N) is 1. The molecule has 0 radical (unpaired) electrons. The molecule has 4 rings (SSSR count). The highest BCUT2D eigenvalue weighted by Crippen LogP contribution is 2.30. The molecule has 4 nitrogen and oxygen atoms in total. The molecule has 2 N–H and O–H groups in total. The maximum absolute atomic E-state index is 12.4. The number of amides is 1. The first-order valence-corrected chi connectivity index (χ1v) is 8.81. The van der Waals surface area contributed by atoms with E-state index in [0.717, 1.165) is 22.3 Å². The van der Waals surface area contributed by atoms with Gasteiger partial charge < -0.3 is 4.57 Å². The predicted molar refractivity (Wildman–Crippen MR) is 107 cm³/mol. The van der Waals surface area contributed by atoms with Crippen LogP contribution in [0.25, 0.3) is 22.0 Å². The van der Waals surface area contributed by atoms with Gasteiger partial charge in [-0.05, 0) is 40.5 Å². The fourth-order valence-electron chi connectivity index (χ4n) is 3.56. The number of rotatable bonds is 4. The molecule has 1 atom stereocenters. The van der Waals surface area contributed by atoms with E-state index in [1.807, 2.05) is 67.8 Å². The molecule has 3 aromatic carbocycles. The lowest BCUT2D eigenvalue weighted by Gasteiger charge is -2.17. The van der Waals surface area contributed by atoms with Crippen molar-refractivity contribution in [3.05, 3.63) is 96.2 Å². The number of nitrogens with one attached hydrogen (secondary N) is 1. The number of aryl methyl sites for hydroxylation is 1. The summed E-state index contributed by atoms with van der Waals surface area (Å²) in [6.07, 6.45) is 2.04. The molecule has 0 spiro atoms. The van der Waals surface area contributed by atoms with E-state index in [9.17, 15) is 10.0 Å². The van der Waals surface area contributed by atoms with Crippen molar-refractivity contribution in [2.24, 2.45) is 7.05 Å². The minimum absolute atomic E-state index is 0.447. The fraction of sp³-hybridized carbons (Fsp3) is 0.0870. The molecule has 0 bridgehead atoms. The number of carbonyl (C=O) groups excluding carboxylic acids is 1. The molecule has 0 aliphatic heterocycles. The molecule has 0 aliphatic carbocycles. The van der Waals surface area contributed by atoms with Crippen molar-refractivity contribution >= 4 is 16.8 Å². The van der Waals surface area contributed by atoms with Crippen LogP contribution in [0, 0.1) is 0 Å². The highest BCUT2D eigenvalue weighted by molar-refractivity contribution is 5.88. The van der Waals surface area contributed by atoms with Crippen LogP contribution >= 0.6 is 0 Å². The van der Waals surface area contributed by atoms with Crippen molar-refractivity contribution in [1.29, 1.82) is 0 Å². The second kappa shape index (κ2) is 7.09. The van der Waals surface area contributed by atoms with Gasteiger partial charge in [-0.3, -0.25) is 10.0 Å². The summed E-state index contributed by atoms with van der Waals surface area (Å²) in [7, 11) is 2.03. The Hall–Kier alpha value is -3.37. The zero-order valence-electron chi connectivity index (χ0n) is 15.0. The molecule has 1 aromatic heterocycles. The molecule has 0 saturated carbocycles. The van der Waals surface area contributed by atoms with Gasteiger partial charge >= 0.3 is 0 Å². The number of benzene rings is 3. The first-order chi connectivity index (χ1) is 13.2. The van der Waals surface area contributed by atoms with Crippen LogP contribution < -0.4 is 5.48 Å². The third kappa shape index (κ3) is 3.23. The minimum Gasteiger partial charge on any atom is -0.351 e. The van der Waals surface area contributed by atoms with E-state index < -0.39 is 11.8 Å². The van der Waals surface area contributed by atoms with Crippen molar-refractivity contribution in [3.8, 4) is 11.1 Å². The van der Waals surface area contributed by atoms with E-state index in [-0.39, 0.29) is 0 Å². The third-order valence-corrected chi connectivity index (χ3v) is 4.94. The van der Waals surface area contributed by atoms with E-state index >= 15 is 0 Å². The number of hydrogen-bond acceptors (Lipinski definition) is 2. The monoisotopic (exact) mass is 356 g/mol. The number of aromatic nitrogens is 1. The van der Waals surface area contributed by atoms with Crippen LogP contribution in [0.15, 0.2) is 85.1 Å². The number of hydrogen-bond donors (Lipinski definition) is 2. The maximum atomic E-state index is 12.4. The SMILES string of the molecule is Cn1ccc2cc(-c3cccc(C(C(=O)NO)c4ccccc4)c3)ccc21. The number of carbonyl (C=O) groups is 1. The number of fused-ring (bicyclic) bond motifs is 1. The molecule has 1 heterocycles. The topological polar surface area (TPSA) is 54.3 Å². The van der Waals surface area contributed by atoms with E-state index in [1.54, 1.807) is 5.48 Å². The van der Waals surface area contributed by atoms with E-state index in [2.05, 4.69) is 28.8 Å². The Balaban J connectivity index is 1.78. The second-order valence-corrected chi connectivity index (χ2v) is 6.65. The van der Waals surface area contributed by atoms with Crippen LogP contribution in [-0.4, -0.2) is 15.7 Å². The predicted octanol–water partition coefficient (Wildman–Crippen LogP) is 4.48. The van der Waals surface area contributed by atoms with Crippen LogP contribution in [0.5, 0.6) is 0 Å². The summed E-state index contributed by atoms with van der Waals surface area (Å²) in [5.74, 6) is -1.02. The average molecular weight is 356 g/mol. The fourth-order valence-corrected chi connectivity index (χ4v) is 3.56. The largest absolute Gasteiger partial charge is 0.351 e. The van der Waals surface area contributed by atoms with E-state index in [1.165, 1.54) is 10.9 Å². The molecule has 0 aliphatic rings. The molecule has 4 heteroatoms. The highest BCUT2D eigenvalue weighted by Gasteiger charge is 2.22. The Morgan fingerprint density at radius 1 is 0.889 bits per heavy atom. The molecule has 0 fully saturated rings. The van der Waals surface area contributed by atoms with E-state index in [4.69, 9.17) is 0 Å². The van der Waals surface area contributed by atoms with Crippen LogP contribution in [0.4, 0.5) is 0 Å². The van der Waals surface area contributed by atoms with Crippen LogP contribution in [0.1, 0.15) is 17.0 Å². The Labute approximate surface area is 157 Å². The van der Waals surface area contributed by atoms with Crippen molar-refractivity contribution in [2.75, 3.05) is 0 Å². The zero-order chi connectivity index (χ0) is 18.8. The van der Waals surface area contributed by atoms with Gasteiger partial charge in [-0.15, -0.1) is 0 Å².